The second-order valence-corrected chi connectivity index (χ2v) is 21.6. The van der Waals surface area contributed by atoms with E-state index >= 15 is 0 Å². The molecule has 2 atom stereocenters. The van der Waals surface area contributed by atoms with Gasteiger partial charge in [-0.3, -0.25) is 19.3 Å². The lowest BCUT2D eigenvalue weighted by Crippen LogP contribution is -2.47. The summed E-state index contributed by atoms with van der Waals surface area (Å²) >= 11 is 17.1. The maximum atomic E-state index is 12.9. The number of benzene rings is 2. The van der Waals surface area contributed by atoms with E-state index in [-0.39, 0.29) is 17.8 Å². The molecule has 0 radical (unpaired) electrons. The highest BCUT2D eigenvalue weighted by molar-refractivity contribution is 8.03. The summed E-state index contributed by atoms with van der Waals surface area (Å²) in [5.41, 5.74) is 3.87. The van der Waals surface area contributed by atoms with Gasteiger partial charge in [0.05, 0.1) is 42.0 Å². The number of pyridine rings is 1. The number of anilines is 7. The van der Waals surface area contributed by atoms with Gasteiger partial charge in [0.25, 0.3) is 5.91 Å². The molecule has 0 aliphatic carbocycles. The van der Waals surface area contributed by atoms with Crippen molar-refractivity contribution in [3.8, 4) is 11.3 Å². The number of carbonyl (C=O) groups is 3. The van der Waals surface area contributed by atoms with Crippen molar-refractivity contribution in [1.82, 2.24) is 34.8 Å². The molecule has 1 aliphatic heterocycles. The lowest BCUT2D eigenvalue weighted by Gasteiger charge is -2.35. The van der Waals surface area contributed by atoms with Gasteiger partial charge in [0.15, 0.2) is 5.13 Å². The first kappa shape index (κ1) is 54.0. The van der Waals surface area contributed by atoms with Crippen LogP contribution in [0, 0.1) is 13.8 Å². The van der Waals surface area contributed by atoms with Crippen LogP contribution < -0.4 is 26.2 Å². The average Bonchev–Trinajstić information content (AvgIpc) is 3.83. The van der Waals surface area contributed by atoms with Crippen molar-refractivity contribution >= 4 is 116 Å². The highest BCUT2D eigenvalue weighted by Gasteiger charge is 2.21. The average molecular weight is 1070 g/mol. The van der Waals surface area contributed by atoms with E-state index in [1.54, 1.807) is 54.1 Å². The Bertz CT molecular complexity index is 2750. The molecule has 0 bridgehead atoms. The summed E-state index contributed by atoms with van der Waals surface area (Å²) in [4.78, 5) is 69.9. The van der Waals surface area contributed by atoms with Crippen molar-refractivity contribution < 1.29 is 23.9 Å². The standard InChI is InChI=1S/C50H58Cl2N12O5S3/c1-32-8-5-11-39(52)47(32)62-48(67)41-31-56-50(72-41)61-43-30-44(58-35(4)57-43)64-21-19-63(20-22-64)23-25-69-46(66)15-27-71-34(3)33(2)70-26-14-45(65)68-24-7-16-53-42-28-36(12-17-54-42)40-13-18-55-49(60-40)59-38-10-6-9-37(51)29-38/h5-6,8-13,17-18,28-31,33-34H,7,14-16,19-27H2,1-4H3,(H,53,54)(H,62,67)(H,55,59,60)(H,56,57,58,61). The highest BCUT2D eigenvalue weighted by Crippen LogP contribution is 2.30. The molecule has 6 aromatic rings. The number of aryl methyl sites for hydroxylation is 2. The van der Waals surface area contributed by atoms with Gasteiger partial charge in [0, 0.05) is 96.0 Å². The first-order chi connectivity index (χ1) is 34.8. The maximum absolute atomic E-state index is 12.9. The lowest BCUT2D eigenvalue weighted by atomic mass is 10.2. The molecule has 1 fully saturated rings. The number of hydrogen-bond donors (Lipinski definition) is 4. The molecule has 22 heteroatoms. The SMILES string of the molecule is Cc1nc(Nc2ncc(C(=O)Nc3c(C)cccc3Cl)s2)cc(N2CCN(CCOC(=O)CCSC(C)C(C)SCCC(=O)OCCCNc3cc(-c4ccnc(Nc5cccc(Cl)c5)n4)ccn3)CC2)n1. The molecule has 0 saturated carbocycles. The van der Waals surface area contributed by atoms with Crippen LogP contribution >= 0.6 is 58.1 Å². The highest BCUT2D eigenvalue weighted by atomic mass is 35.5. The Labute approximate surface area is 442 Å². The molecular formula is C50H58Cl2N12O5S3. The zero-order valence-corrected chi connectivity index (χ0v) is 44.5. The molecule has 72 heavy (non-hydrogen) atoms. The number of thiazole rings is 1. The number of para-hydroxylation sites is 1. The normalized spacial score (nSPS) is 13.5. The first-order valence-electron chi connectivity index (χ1n) is 23.6. The fourth-order valence-electron chi connectivity index (χ4n) is 7.29. The molecule has 2 unspecified atom stereocenters. The van der Waals surface area contributed by atoms with Gasteiger partial charge in [-0.1, -0.05) is 66.6 Å². The fraction of sp³-hybridized carbons (Fsp3) is 0.380. The van der Waals surface area contributed by atoms with Crippen LogP contribution in [0.2, 0.25) is 10.0 Å². The Morgan fingerprint density at radius 3 is 2.28 bits per heavy atom. The third kappa shape index (κ3) is 16.9. The predicted octanol–water partition coefficient (Wildman–Crippen LogP) is 10.2. The van der Waals surface area contributed by atoms with Gasteiger partial charge in [-0.25, -0.2) is 29.9 Å². The molecule has 7 rings (SSSR count). The minimum atomic E-state index is -0.292. The number of esters is 2. The Kier molecular flexibility index (Phi) is 20.5. The monoisotopic (exact) mass is 1070 g/mol. The molecule has 2 aromatic carbocycles. The van der Waals surface area contributed by atoms with Crippen LogP contribution in [0.25, 0.3) is 11.3 Å². The number of rotatable bonds is 25. The van der Waals surface area contributed by atoms with Crippen LogP contribution in [0.4, 0.5) is 39.9 Å². The van der Waals surface area contributed by atoms with Crippen molar-refractivity contribution in [2.75, 3.05) is 90.2 Å². The van der Waals surface area contributed by atoms with E-state index in [2.05, 4.69) is 74.8 Å². The van der Waals surface area contributed by atoms with Gasteiger partial charge >= 0.3 is 11.9 Å². The second kappa shape index (κ2) is 27.3. The van der Waals surface area contributed by atoms with Gasteiger partial charge in [-0.15, -0.1) is 0 Å². The number of nitrogens with zero attached hydrogens (tertiary/aromatic N) is 8. The number of aromatic nitrogens is 6. The molecule has 1 aliphatic rings. The van der Waals surface area contributed by atoms with E-state index in [0.717, 1.165) is 54.5 Å². The van der Waals surface area contributed by atoms with Crippen molar-refractivity contribution in [1.29, 1.82) is 0 Å². The minimum Gasteiger partial charge on any atom is -0.466 e. The van der Waals surface area contributed by atoms with Gasteiger partial charge in [-0.05, 0) is 68.3 Å². The second-order valence-electron chi connectivity index (χ2n) is 16.7. The molecule has 5 heterocycles. The van der Waals surface area contributed by atoms with E-state index in [0.29, 0.717) is 117 Å². The number of nitrogens with one attached hydrogen (secondary N) is 4. The van der Waals surface area contributed by atoms with Crippen LogP contribution in [0.3, 0.4) is 0 Å². The smallest absolute Gasteiger partial charge is 0.306 e. The van der Waals surface area contributed by atoms with Gasteiger partial charge in [0.1, 0.15) is 34.8 Å². The Balaban J connectivity index is 0.707. The molecular weight excluding hydrogens is 1020 g/mol. The summed E-state index contributed by atoms with van der Waals surface area (Å²) in [6, 6.07) is 20.4. The summed E-state index contributed by atoms with van der Waals surface area (Å²) in [7, 11) is 0. The minimum absolute atomic E-state index is 0.198. The van der Waals surface area contributed by atoms with E-state index in [9.17, 15) is 14.4 Å². The topological polar surface area (TPSA) is 202 Å². The third-order valence-corrected chi connectivity index (χ3v) is 15.7. The third-order valence-electron chi connectivity index (χ3n) is 11.3. The lowest BCUT2D eigenvalue weighted by molar-refractivity contribution is -0.144. The van der Waals surface area contributed by atoms with Crippen LogP contribution in [0.1, 0.15) is 54.2 Å². The van der Waals surface area contributed by atoms with Gasteiger partial charge in [0.2, 0.25) is 5.95 Å². The summed E-state index contributed by atoms with van der Waals surface area (Å²) in [5.74, 6) is 3.77. The van der Waals surface area contributed by atoms with Crippen molar-refractivity contribution in [3.05, 3.63) is 112 Å². The summed E-state index contributed by atoms with van der Waals surface area (Å²) in [5, 5.41) is 14.8. The number of ether oxygens (including phenoxy) is 2. The van der Waals surface area contributed by atoms with Gasteiger partial charge < -0.3 is 35.6 Å². The summed E-state index contributed by atoms with van der Waals surface area (Å²) in [6.45, 7) is 13.0. The molecule has 0 spiro atoms. The van der Waals surface area contributed by atoms with E-state index in [1.165, 1.54) is 17.5 Å². The number of amides is 1. The number of piperazine rings is 1. The quantitative estimate of drug-likeness (QED) is 0.0311. The molecule has 17 nitrogen and oxygen atoms in total. The largest absolute Gasteiger partial charge is 0.466 e. The zero-order valence-electron chi connectivity index (χ0n) is 40.5. The summed E-state index contributed by atoms with van der Waals surface area (Å²) < 4.78 is 11.1. The molecule has 4 aromatic heterocycles. The van der Waals surface area contributed by atoms with Crippen LogP contribution in [0.15, 0.2) is 85.3 Å². The predicted molar refractivity (Wildman–Crippen MR) is 293 cm³/mol. The number of carbonyl (C=O) groups excluding carboxylic acids is 3. The number of halogens is 2. The zero-order chi connectivity index (χ0) is 50.8. The number of thioether (sulfide) groups is 2. The van der Waals surface area contributed by atoms with Crippen LogP contribution in [-0.4, -0.2) is 127 Å². The number of hydrogen-bond acceptors (Lipinski definition) is 19. The van der Waals surface area contributed by atoms with E-state index in [1.807, 2.05) is 62.4 Å². The van der Waals surface area contributed by atoms with Crippen LogP contribution in [-0.2, 0) is 19.1 Å². The van der Waals surface area contributed by atoms with Crippen molar-refractivity contribution in [3.63, 3.8) is 0 Å². The van der Waals surface area contributed by atoms with Crippen molar-refractivity contribution in [2.24, 2.45) is 0 Å². The van der Waals surface area contributed by atoms with Crippen molar-refractivity contribution in [2.45, 2.75) is 57.5 Å². The molecule has 1 saturated heterocycles. The molecule has 1 amide bonds. The first-order valence-corrected chi connectivity index (χ1v) is 27.2. The van der Waals surface area contributed by atoms with E-state index < -0.39 is 0 Å². The van der Waals surface area contributed by atoms with Gasteiger partial charge in [-0.2, -0.15) is 23.5 Å². The Morgan fingerprint density at radius 2 is 1.53 bits per heavy atom. The maximum Gasteiger partial charge on any atom is 0.306 e. The van der Waals surface area contributed by atoms with E-state index in [4.69, 9.17) is 32.7 Å². The molecule has 380 valence electrons. The fourth-order valence-corrected chi connectivity index (χ4v) is 10.8. The molecule has 4 N–H and O–H groups in total. The Morgan fingerprint density at radius 1 is 0.792 bits per heavy atom. The summed E-state index contributed by atoms with van der Waals surface area (Å²) in [6.07, 6.45) is 6.26. The Hall–Kier alpha value is -5.77. The van der Waals surface area contributed by atoms with Crippen LogP contribution in [0.5, 0.6) is 0 Å².